The van der Waals surface area contributed by atoms with Crippen molar-refractivity contribution in [3.8, 4) is 0 Å². The van der Waals surface area contributed by atoms with Crippen molar-refractivity contribution in [2.75, 3.05) is 23.7 Å². The molecule has 5 nitrogen and oxygen atoms in total. The van der Waals surface area contributed by atoms with Gasteiger partial charge in [-0.05, 0) is 25.7 Å². The van der Waals surface area contributed by atoms with E-state index in [1.807, 2.05) is 4.90 Å². The van der Waals surface area contributed by atoms with Gasteiger partial charge in [0.2, 0.25) is 5.91 Å². The summed E-state index contributed by atoms with van der Waals surface area (Å²) in [5.74, 6) is 0.246. The highest BCUT2D eigenvalue weighted by Crippen LogP contribution is 2.24. The molecule has 2 fully saturated rings. The number of hydrogen-bond acceptors (Lipinski definition) is 5. The fourth-order valence-electron chi connectivity index (χ4n) is 2.19. The van der Waals surface area contributed by atoms with Gasteiger partial charge in [0.05, 0.1) is 11.9 Å². The number of anilines is 1. The Balaban J connectivity index is 1.60. The van der Waals surface area contributed by atoms with E-state index >= 15 is 0 Å². The SMILES string of the molecule is O=C(CSc1ncc(F)c(N2CCCC2)n1)NC1CC1. The topological polar surface area (TPSA) is 58.1 Å². The lowest BCUT2D eigenvalue weighted by Crippen LogP contribution is -2.27. The highest BCUT2D eigenvalue weighted by atomic mass is 32.2. The minimum absolute atomic E-state index is 0.00634. The van der Waals surface area contributed by atoms with Crippen molar-refractivity contribution in [2.24, 2.45) is 0 Å². The van der Waals surface area contributed by atoms with E-state index in [9.17, 15) is 9.18 Å². The molecule has 3 rings (SSSR count). The summed E-state index contributed by atoms with van der Waals surface area (Å²) in [6.07, 6.45) is 5.47. The van der Waals surface area contributed by atoms with Gasteiger partial charge in [0.15, 0.2) is 16.8 Å². The molecule has 0 bridgehead atoms. The first-order valence-electron chi connectivity index (χ1n) is 6.92. The van der Waals surface area contributed by atoms with Gasteiger partial charge in [0, 0.05) is 19.1 Å². The van der Waals surface area contributed by atoms with E-state index in [1.165, 1.54) is 18.0 Å². The van der Waals surface area contributed by atoms with Crippen LogP contribution in [0, 0.1) is 5.82 Å². The number of carbonyl (C=O) groups is 1. The van der Waals surface area contributed by atoms with E-state index in [-0.39, 0.29) is 11.7 Å². The molecular weight excluding hydrogens is 279 g/mol. The van der Waals surface area contributed by atoms with Crippen LogP contribution in [0.5, 0.6) is 0 Å². The molecule has 0 spiro atoms. The van der Waals surface area contributed by atoms with Crippen LogP contribution in [0.1, 0.15) is 25.7 Å². The number of halogens is 1. The van der Waals surface area contributed by atoms with E-state index < -0.39 is 5.82 Å². The molecule has 2 aliphatic rings. The highest BCUT2D eigenvalue weighted by molar-refractivity contribution is 7.99. The summed E-state index contributed by atoms with van der Waals surface area (Å²) in [5.41, 5.74) is 0. The number of nitrogens with zero attached hydrogens (tertiary/aromatic N) is 3. The molecule has 1 saturated carbocycles. The number of amides is 1. The molecule has 1 aromatic rings. The van der Waals surface area contributed by atoms with Gasteiger partial charge in [0.1, 0.15) is 0 Å². The molecule has 7 heteroatoms. The molecule has 1 aliphatic heterocycles. The zero-order chi connectivity index (χ0) is 13.9. The standard InChI is InChI=1S/C13H17FN4OS/c14-10-7-15-13(17-12(10)18-5-1-2-6-18)20-8-11(19)16-9-3-4-9/h7,9H,1-6,8H2,(H,16,19). The second-order valence-electron chi connectivity index (χ2n) is 5.15. The van der Waals surface area contributed by atoms with Gasteiger partial charge in [-0.3, -0.25) is 4.79 Å². The second kappa shape index (κ2) is 5.95. The molecule has 0 aromatic carbocycles. The van der Waals surface area contributed by atoms with Gasteiger partial charge in [-0.1, -0.05) is 11.8 Å². The summed E-state index contributed by atoms with van der Waals surface area (Å²) in [6, 6.07) is 0.359. The Morgan fingerprint density at radius 3 is 2.90 bits per heavy atom. The summed E-state index contributed by atoms with van der Waals surface area (Å²) in [4.78, 5) is 21.7. The van der Waals surface area contributed by atoms with Gasteiger partial charge in [0.25, 0.3) is 0 Å². The van der Waals surface area contributed by atoms with Crippen LogP contribution in [0.2, 0.25) is 0 Å². The summed E-state index contributed by atoms with van der Waals surface area (Å²) < 4.78 is 13.7. The van der Waals surface area contributed by atoms with E-state index in [1.54, 1.807) is 0 Å². The zero-order valence-corrected chi connectivity index (χ0v) is 12.0. The van der Waals surface area contributed by atoms with Crippen LogP contribution in [-0.2, 0) is 4.79 Å². The lowest BCUT2D eigenvalue weighted by atomic mass is 10.4. The fourth-order valence-corrected chi connectivity index (χ4v) is 2.81. The first kappa shape index (κ1) is 13.6. The molecule has 20 heavy (non-hydrogen) atoms. The number of thioether (sulfide) groups is 1. The first-order valence-corrected chi connectivity index (χ1v) is 7.90. The lowest BCUT2D eigenvalue weighted by Gasteiger charge is -2.17. The van der Waals surface area contributed by atoms with Crippen molar-refractivity contribution in [3.05, 3.63) is 12.0 Å². The molecule has 108 valence electrons. The van der Waals surface area contributed by atoms with Crippen molar-refractivity contribution < 1.29 is 9.18 Å². The van der Waals surface area contributed by atoms with Crippen LogP contribution in [-0.4, -0.2) is 40.8 Å². The predicted molar refractivity (Wildman–Crippen MR) is 75.3 cm³/mol. The van der Waals surface area contributed by atoms with Gasteiger partial charge in [-0.2, -0.15) is 0 Å². The van der Waals surface area contributed by atoms with Crippen LogP contribution in [0.15, 0.2) is 11.4 Å². The van der Waals surface area contributed by atoms with Crippen molar-refractivity contribution in [2.45, 2.75) is 36.9 Å². The van der Waals surface area contributed by atoms with Crippen LogP contribution >= 0.6 is 11.8 Å². The Kier molecular flexibility index (Phi) is 4.05. The summed E-state index contributed by atoms with van der Waals surface area (Å²) in [5, 5.41) is 3.36. The normalized spacial score (nSPS) is 18.4. The van der Waals surface area contributed by atoms with Gasteiger partial charge >= 0.3 is 0 Å². The Morgan fingerprint density at radius 2 is 2.20 bits per heavy atom. The quantitative estimate of drug-likeness (QED) is 0.660. The predicted octanol–water partition coefficient (Wildman–Crippen LogP) is 1.59. The Labute approximate surface area is 121 Å². The lowest BCUT2D eigenvalue weighted by molar-refractivity contribution is -0.118. The number of hydrogen-bond donors (Lipinski definition) is 1. The third kappa shape index (κ3) is 3.39. The van der Waals surface area contributed by atoms with E-state index in [2.05, 4.69) is 15.3 Å². The smallest absolute Gasteiger partial charge is 0.230 e. The molecule has 0 radical (unpaired) electrons. The maximum atomic E-state index is 13.7. The molecular formula is C13H17FN4OS. The minimum Gasteiger partial charge on any atom is -0.354 e. The van der Waals surface area contributed by atoms with Crippen molar-refractivity contribution in [1.29, 1.82) is 0 Å². The number of aromatic nitrogens is 2. The maximum absolute atomic E-state index is 13.7. The minimum atomic E-state index is -0.390. The number of rotatable bonds is 5. The number of carbonyl (C=O) groups excluding carboxylic acids is 1. The fraction of sp³-hybridized carbons (Fsp3) is 0.615. The Hall–Kier alpha value is -1.37. The van der Waals surface area contributed by atoms with Crippen LogP contribution in [0.3, 0.4) is 0 Å². The van der Waals surface area contributed by atoms with Gasteiger partial charge in [-0.25, -0.2) is 14.4 Å². The summed E-state index contributed by atoms with van der Waals surface area (Å²) in [7, 11) is 0. The van der Waals surface area contributed by atoms with Crippen LogP contribution < -0.4 is 10.2 Å². The van der Waals surface area contributed by atoms with Crippen molar-refractivity contribution in [3.63, 3.8) is 0 Å². The molecule has 0 atom stereocenters. The molecule has 1 amide bonds. The highest BCUT2D eigenvalue weighted by Gasteiger charge is 2.23. The molecule has 2 heterocycles. The average Bonchev–Trinajstić information content (AvgIpc) is 3.08. The van der Waals surface area contributed by atoms with Gasteiger partial charge in [-0.15, -0.1) is 0 Å². The molecule has 1 aliphatic carbocycles. The van der Waals surface area contributed by atoms with E-state index in [0.717, 1.165) is 38.8 Å². The van der Waals surface area contributed by atoms with E-state index in [0.29, 0.717) is 17.0 Å². The van der Waals surface area contributed by atoms with Crippen LogP contribution in [0.4, 0.5) is 10.2 Å². The van der Waals surface area contributed by atoms with Gasteiger partial charge < -0.3 is 10.2 Å². The molecule has 1 aromatic heterocycles. The largest absolute Gasteiger partial charge is 0.354 e. The molecule has 1 N–H and O–H groups in total. The summed E-state index contributed by atoms with van der Waals surface area (Å²) in [6.45, 7) is 1.67. The second-order valence-corrected chi connectivity index (χ2v) is 6.09. The zero-order valence-electron chi connectivity index (χ0n) is 11.1. The first-order chi connectivity index (χ1) is 9.72. The monoisotopic (exact) mass is 296 g/mol. The van der Waals surface area contributed by atoms with Crippen molar-refractivity contribution in [1.82, 2.24) is 15.3 Å². The van der Waals surface area contributed by atoms with Crippen molar-refractivity contribution >= 4 is 23.5 Å². The molecule has 1 saturated heterocycles. The Morgan fingerprint density at radius 1 is 1.45 bits per heavy atom. The van der Waals surface area contributed by atoms with Crippen LogP contribution in [0.25, 0.3) is 0 Å². The number of nitrogens with one attached hydrogen (secondary N) is 1. The molecule has 0 unspecified atom stereocenters. The Bertz CT molecular complexity index is 503. The third-order valence-corrected chi connectivity index (χ3v) is 4.25. The average molecular weight is 296 g/mol. The van der Waals surface area contributed by atoms with E-state index in [4.69, 9.17) is 0 Å². The summed E-state index contributed by atoms with van der Waals surface area (Å²) >= 11 is 1.25. The third-order valence-electron chi connectivity index (χ3n) is 3.38. The maximum Gasteiger partial charge on any atom is 0.230 e.